The lowest BCUT2D eigenvalue weighted by molar-refractivity contribution is 0.602. The average Bonchev–Trinajstić information content (AvgIpc) is 3.51. The molecular weight excluding hydrogens is 453 g/mol. The molecule has 34 heavy (non-hydrogen) atoms. The molecule has 3 N–H and O–H groups in total. The molecule has 0 atom stereocenters. The minimum Gasteiger partial charge on any atom is -0.362 e. The fourth-order valence-corrected chi connectivity index (χ4v) is 4.35. The van der Waals surface area contributed by atoms with Crippen LogP contribution in [-0.4, -0.2) is 48.0 Å². The molecule has 0 spiro atoms. The molecule has 172 valence electrons. The predicted octanol–water partition coefficient (Wildman–Crippen LogP) is 3.39. The third-order valence-corrected chi connectivity index (χ3v) is 6.19. The number of halogens is 1. The zero-order valence-electron chi connectivity index (χ0n) is 18.2. The minimum atomic E-state index is -0.353. The zero-order chi connectivity index (χ0) is 23.2. The van der Waals surface area contributed by atoms with E-state index in [0.29, 0.717) is 17.0 Å². The molecule has 5 aromatic rings. The van der Waals surface area contributed by atoms with E-state index < -0.39 is 0 Å². The molecule has 5 aromatic heterocycles. The molecule has 0 aliphatic heterocycles. The van der Waals surface area contributed by atoms with E-state index in [9.17, 15) is 4.39 Å². The number of H-pyrrole nitrogens is 1. The highest BCUT2D eigenvalue weighted by Crippen LogP contribution is 2.25. The molecule has 9 nitrogen and oxygen atoms in total. The maximum absolute atomic E-state index is 13.8. The molecule has 0 saturated heterocycles. The van der Waals surface area contributed by atoms with Crippen molar-refractivity contribution >= 4 is 27.5 Å². The summed E-state index contributed by atoms with van der Waals surface area (Å²) >= 11 is 1.54. The lowest BCUT2D eigenvalue weighted by atomic mass is 10.2. The number of hydrogen-bond acceptors (Lipinski definition) is 9. The highest BCUT2D eigenvalue weighted by Gasteiger charge is 2.12. The van der Waals surface area contributed by atoms with Gasteiger partial charge in [0.15, 0.2) is 5.82 Å². The maximum atomic E-state index is 13.8. The van der Waals surface area contributed by atoms with Gasteiger partial charge in [-0.15, -0.1) is 0 Å². The SMILES string of the molecule is Fc1cccnc1CNc1ncnc2sc(CCNCCc3ncc(-c4ccncc4)[nH]3)nc12. The number of nitrogens with one attached hydrogen (secondary N) is 3. The Morgan fingerprint density at radius 3 is 2.74 bits per heavy atom. The third-order valence-electron chi connectivity index (χ3n) is 5.17. The molecule has 0 aliphatic carbocycles. The number of pyridine rings is 2. The van der Waals surface area contributed by atoms with Gasteiger partial charge in [0, 0.05) is 50.1 Å². The number of aromatic amines is 1. The second kappa shape index (κ2) is 10.4. The second-order valence-corrected chi connectivity index (χ2v) is 8.56. The largest absolute Gasteiger partial charge is 0.362 e. The van der Waals surface area contributed by atoms with Crippen molar-refractivity contribution in [2.24, 2.45) is 0 Å². The number of thiazole rings is 1. The number of hydrogen-bond donors (Lipinski definition) is 3. The fourth-order valence-electron chi connectivity index (χ4n) is 3.44. The van der Waals surface area contributed by atoms with Crippen molar-refractivity contribution < 1.29 is 4.39 Å². The molecule has 5 rings (SSSR count). The quantitative estimate of drug-likeness (QED) is 0.263. The molecule has 0 radical (unpaired) electrons. The summed E-state index contributed by atoms with van der Waals surface area (Å²) in [5.41, 5.74) is 3.08. The van der Waals surface area contributed by atoms with E-state index in [4.69, 9.17) is 4.98 Å². The predicted molar refractivity (Wildman–Crippen MR) is 129 cm³/mol. The Morgan fingerprint density at radius 1 is 0.971 bits per heavy atom. The van der Waals surface area contributed by atoms with Gasteiger partial charge in [-0.2, -0.15) is 0 Å². The summed E-state index contributed by atoms with van der Waals surface area (Å²) in [6.45, 7) is 1.81. The minimum absolute atomic E-state index is 0.225. The Bertz CT molecular complexity index is 1370. The van der Waals surface area contributed by atoms with Gasteiger partial charge in [-0.05, 0) is 24.3 Å². The Hall–Kier alpha value is -3.83. The normalized spacial score (nSPS) is 11.2. The number of anilines is 1. The van der Waals surface area contributed by atoms with Gasteiger partial charge in [0.05, 0.1) is 29.1 Å². The first-order valence-electron chi connectivity index (χ1n) is 10.8. The number of nitrogens with zero attached hydrogens (tertiary/aromatic N) is 6. The number of rotatable bonds is 10. The topological polar surface area (TPSA) is 117 Å². The molecule has 0 bridgehead atoms. The average molecular weight is 476 g/mol. The van der Waals surface area contributed by atoms with E-state index in [1.165, 1.54) is 23.7 Å². The van der Waals surface area contributed by atoms with E-state index in [2.05, 4.69) is 40.5 Å². The summed E-state index contributed by atoms with van der Waals surface area (Å²) in [5, 5.41) is 7.53. The van der Waals surface area contributed by atoms with Gasteiger partial charge in [0.1, 0.15) is 28.3 Å². The highest BCUT2D eigenvalue weighted by molar-refractivity contribution is 7.18. The van der Waals surface area contributed by atoms with Crippen molar-refractivity contribution in [2.45, 2.75) is 19.4 Å². The summed E-state index contributed by atoms with van der Waals surface area (Å²) in [6.07, 6.45) is 10.0. The van der Waals surface area contributed by atoms with Crippen molar-refractivity contribution in [2.75, 3.05) is 18.4 Å². The van der Waals surface area contributed by atoms with Crippen LogP contribution in [0.25, 0.3) is 21.6 Å². The monoisotopic (exact) mass is 475 g/mol. The molecule has 0 aromatic carbocycles. The maximum Gasteiger partial charge on any atom is 0.157 e. The summed E-state index contributed by atoms with van der Waals surface area (Å²) in [7, 11) is 0. The summed E-state index contributed by atoms with van der Waals surface area (Å²) in [5.74, 6) is 1.16. The van der Waals surface area contributed by atoms with Crippen molar-refractivity contribution in [1.82, 2.24) is 40.2 Å². The highest BCUT2D eigenvalue weighted by atomic mass is 32.1. The van der Waals surface area contributed by atoms with Crippen LogP contribution in [0.15, 0.2) is 55.4 Å². The van der Waals surface area contributed by atoms with Gasteiger partial charge in [-0.3, -0.25) is 9.97 Å². The number of imidazole rings is 1. The van der Waals surface area contributed by atoms with Crippen LogP contribution in [0, 0.1) is 5.82 Å². The second-order valence-electron chi connectivity index (χ2n) is 7.50. The summed E-state index contributed by atoms with van der Waals surface area (Å²) in [6, 6.07) is 6.86. The standard InChI is InChI=1S/C23H22FN9S/c24-16-2-1-7-27-18(16)13-29-22-21-23(31-14-30-22)34-20(33-21)6-11-26-10-5-19-28-12-17(32-19)15-3-8-25-9-4-15/h1-4,7-9,12,14,26H,5-6,10-11,13H2,(H,28,32)(H,29,30,31). The molecule has 11 heteroatoms. The van der Waals surface area contributed by atoms with Crippen molar-refractivity contribution in [3.8, 4) is 11.3 Å². The smallest absolute Gasteiger partial charge is 0.157 e. The Morgan fingerprint density at radius 2 is 1.85 bits per heavy atom. The zero-order valence-corrected chi connectivity index (χ0v) is 19.0. The van der Waals surface area contributed by atoms with E-state index in [0.717, 1.165) is 52.9 Å². The Kier molecular flexibility index (Phi) is 6.73. The van der Waals surface area contributed by atoms with Crippen molar-refractivity contribution in [3.63, 3.8) is 0 Å². The first-order valence-corrected chi connectivity index (χ1v) is 11.7. The van der Waals surface area contributed by atoms with Gasteiger partial charge in [-0.25, -0.2) is 24.3 Å². The molecule has 0 amide bonds. The van der Waals surface area contributed by atoms with Crippen molar-refractivity contribution in [3.05, 3.63) is 77.7 Å². The number of aromatic nitrogens is 7. The van der Waals surface area contributed by atoms with Gasteiger partial charge in [0.25, 0.3) is 0 Å². The summed E-state index contributed by atoms with van der Waals surface area (Å²) in [4.78, 5) is 30.0. The van der Waals surface area contributed by atoms with Crippen LogP contribution in [0.2, 0.25) is 0 Å². The molecule has 0 saturated carbocycles. The van der Waals surface area contributed by atoms with Crippen LogP contribution < -0.4 is 10.6 Å². The van der Waals surface area contributed by atoms with E-state index in [1.807, 2.05) is 18.3 Å². The summed E-state index contributed by atoms with van der Waals surface area (Å²) < 4.78 is 13.8. The van der Waals surface area contributed by atoms with E-state index >= 15 is 0 Å². The Labute approximate surface area is 199 Å². The Balaban J connectivity index is 1.12. The van der Waals surface area contributed by atoms with Crippen LogP contribution in [0.5, 0.6) is 0 Å². The van der Waals surface area contributed by atoms with Gasteiger partial charge in [0.2, 0.25) is 0 Å². The first kappa shape index (κ1) is 22.0. The molecule has 0 fully saturated rings. The molecular formula is C23H22FN9S. The van der Waals surface area contributed by atoms with Gasteiger partial charge >= 0.3 is 0 Å². The lowest BCUT2D eigenvalue weighted by Gasteiger charge is -2.05. The van der Waals surface area contributed by atoms with Crippen LogP contribution in [0.4, 0.5) is 10.2 Å². The van der Waals surface area contributed by atoms with Crippen LogP contribution in [-0.2, 0) is 19.4 Å². The van der Waals surface area contributed by atoms with Crippen molar-refractivity contribution in [1.29, 1.82) is 0 Å². The molecule has 0 aliphatic rings. The molecule has 0 unspecified atom stereocenters. The van der Waals surface area contributed by atoms with Gasteiger partial charge in [-0.1, -0.05) is 11.3 Å². The van der Waals surface area contributed by atoms with Gasteiger partial charge < -0.3 is 15.6 Å². The fraction of sp³-hybridized carbons (Fsp3) is 0.217. The van der Waals surface area contributed by atoms with Crippen LogP contribution >= 0.6 is 11.3 Å². The molecule has 5 heterocycles. The van der Waals surface area contributed by atoms with Crippen LogP contribution in [0.3, 0.4) is 0 Å². The van der Waals surface area contributed by atoms with Crippen LogP contribution in [0.1, 0.15) is 16.5 Å². The lowest BCUT2D eigenvalue weighted by Crippen LogP contribution is -2.20. The third kappa shape index (κ3) is 5.21. The van der Waals surface area contributed by atoms with E-state index in [1.54, 1.807) is 24.7 Å². The number of fused-ring (bicyclic) bond motifs is 1. The first-order chi connectivity index (χ1) is 16.8. The van der Waals surface area contributed by atoms with E-state index in [-0.39, 0.29) is 12.4 Å².